The molecule has 0 bridgehead atoms. The fourth-order valence-electron chi connectivity index (χ4n) is 3.97. The molecule has 0 spiro atoms. The topological polar surface area (TPSA) is 90.9 Å². The Morgan fingerprint density at radius 2 is 1.45 bits per heavy atom. The Labute approximate surface area is 221 Å². The van der Waals surface area contributed by atoms with Crippen LogP contribution in [0, 0.1) is 5.82 Å². The number of hydrogen-bond acceptors (Lipinski definition) is 6. The quantitative estimate of drug-likeness (QED) is 0.337. The Hall–Kier alpha value is -4.20. The molecule has 8 heteroatoms. The average molecular weight is 522 g/mol. The molecule has 0 aromatic heterocycles. The third kappa shape index (κ3) is 8.73. The van der Waals surface area contributed by atoms with E-state index < -0.39 is 23.3 Å². The molecule has 7 nitrogen and oxygen atoms in total. The first-order valence-corrected chi connectivity index (χ1v) is 12.3. The molecule has 38 heavy (non-hydrogen) atoms. The number of rotatable bonds is 12. The molecule has 3 aromatic carbocycles. The van der Waals surface area contributed by atoms with Gasteiger partial charge in [-0.2, -0.15) is 0 Å². The van der Waals surface area contributed by atoms with Crippen molar-refractivity contribution in [3.8, 4) is 16.9 Å². The predicted molar refractivity (Wildman–Crippen MR) is 141 cm³/mol. The number of esters is 2. The first-order chi connectivity index (χ1) is 18.2. The van der Waals surface area contributed by atoms with E-state index in [4.69, 9.17) is 14.2 Å². The van der Waals surface area contributed by atoms with Crippen molar-refractivity contribution in [1.29, 1.82) is 0 Å². The molecule has 1 amide bonds. The molecule has 0 saturated heterocycles. The maximum absolute atomic E-state index is 14.9. The van der Waals surface area contributed by atoms with Crippen LogP contribution >= 0.6 is 0 Å². The number of amides is 1. The van der Waals surface area contributed by atoms with Crippen LogP contribution in [0.5, 0.6) is 5.75 Å². The van der Waals surface area contributed by atoms with E-state index in [0.717, 1.165) is 11.1 Å². The monoisotopic (exact) mass is 521 g/mol. The second-order valence-electron chi connectivity index (χ2n) is 9.13. The zero-order valence-electron chi connectivity index (χ0n) is 21.8. The average Bonchev–Trinajstić information content (AvgIpc) is 2.89. The first kappa shape index (κ1) is 28.4. The van der Waals surface area contributed by atoms with Gasteiger partial charge in [0, 0.05) is 32.4 Å². The fourth-order valence-corrected chi connectivity index (χ4v) is 3.97. The summed E-state index contributed by atoms with van der Waals surface area (Å²) in [7, 11) is 0. The van der Waals surface area contributed by atoms with Gasteiger partial charge < -0.3 is 19.5 Å². The van der Waals surface area contributed by atoms with Gasteiger partial charge in [0.25, 0.3) is 0 Å². The largest absolute Gasteiger partial charge is 0.489 e. The predicted octanol–water partition coefficient (Wildman–Crippen LogP) is 5.01. The zero-order chi connectivity index (χ0) is 27.5. The maximum atomic E-state index is 14.9. The molecule has 0 heterocycles. The maximum Gasteiger partial charge on any atom is 0.302 e. The summed E-state index contributed by atoms with van der Waals surface area (Å²) in [5.41, 5.74) is 1.98. The van der Waals surface area contributed by atoms with Gasteiger partial charge in [-0.1, -0.05) is 54.6 Å². The number of nitrogens with one attached hydrogen (secondary N) is 1. The van der Waals surface area contributed by atoms with Crippen molar-refractivity contribution in [2.24, 2.45) is 0 Å². The molecule has 0 fully saturated rings. The molecule has 3 aromatic rings. The first-order valence-electron chi connectivity index (χ1n) is 12.3. The number of aryl methyl sites for hydroxylation is 1. The smallest absolute Gasteiger partial charge is 0.302 e. The highest BCUT2D eigenvalue weighted by molar-refractivity contribution is 5.74. The summed E-state index contributed by atoms with van der Waals surface area (Å²) in [5.74, 6) is -1.31. The molecule has 3 rings (SSSR count). The highest BCUT2D eigenvalue weighted by Gasteiger charge is 2.34. The summed E-state index contributed by atoms with van der Waals surface area (Å²) >= 11 is 0. The van der Waals surface area contributed by atoms with E-state index in [9.17, 15) is 18.8 Å². The van der Waals surface area contributed by atoms with E-state index in [1.807, 2.05) is 54.6 Å². The van der Waals surface area contributed by atoms with Crippen molar-refractivity contribution in [2.75, 3.05) is 13.2 Å². The van der Waals surface area contributed by atoms with Crippen LogP contribution in [-0.2, 0) is 36.9 Å². The molecule has 0 aliphatic rings. The summed E-state index contributed by atoms with van der Waals surface area (Å²) in [4.78, 5) is 34.8. The number of halogens is 1. The second-order valence-corrected chi connectivity index (χ2v) is 9.13. The Bertz CT molecular complexity index is 1230. The minimum atomic E-state index is -1.08. The summed E-state index contributed by atoms with van der Waals surface area (Å²) < 4.78 is 30.9. The van der Waals surface area contributed by atoms with Gasteiger partial charge in [0.15, 0.2) is 0 Å². The molecule has 0 aliphatic carbocycles. The molecule has 1 N–H and O–H groups in total. The molecular weight excluding hydrogens is 489 g/mol. The van der Waals surface area contributed by atoms with E-state index in [-0.39, 0.29) is 19.1 Å². The number of benzene rings is 3. The van der Waals surface area contributed by atoms with Crippen LogP contribution < -0.4 is 10.1 Å². The lowest BCUT2D eigenvalue weighted by Crippen LogP contribution is -2.55. The summed E-state index contributed by atoms with van der Waals surface area (Å²) in [6.45, 7) is 3.95. The Balaban J connectivity index is 1.69. The number of ether oxygens (including phenoxy) is 3. The van der Waals surface area contributed by atoms with Gasteiger partial charge >= 0.3 is 11.9 Å². The standard InChI is InChI=1S/C30H32FNO6/c1-21(33)32-30(19-37-22(2)34,20-38-23(3)35)16-15-24-9-11-26(12-10-24)28-14-13-27(17-29(28)31)36-18-25-7-5-4-6-8-25/h4-14,17H,15-16,18-20H2,1-3H3,(H,32,33). The Morgan fingerprint density at radius 3 is 2.00 bits per heavy atom. The Morgan fingerprint density at radius 1 is 0.816 bits per heavy atom. The van der Waals surface area contributed by atoms with E-state index in [1.54, 1.807) is 12.1 Å². The molecule has 0 radical (unpaired) electrons. The lowest BCUT2D eigenvalue weighted by Gasteiger charge is -2.33. The van der Waals surface area contributed by atoms with Gasteiger partial charge in [-0.05, 0) is 41.7 Å². The second kappa shape index (κ2) is 13.4. The van der Waals surface area contributed by atoms with Crippen LogP contribution in [0.15, 0.2) is 72.8 Å². The van der Waals surface area contributed by atoms with Crippen LogP contribution in [0.4, 0.5) is 4.39 Å². The van der Waals surface area contributed by atoms with E-state index in [1.165, 1.54) is 26.8 Å². The molecule has 0 unspecified atom stereocenters. The molecule has 200 valence electrons. The van der Waals surface area contributed by atoms with Crippen molar-refractivity contribution < 1.29 is 33.0 Å². The lowest BCUT2D eigenvalue weighted by atomic mass is 9.91. The van der Waals surface area contributed by atoms with Gasteiger partial charge in [-0.25, -0.2) is 4.39 Å². The van der Waals surface area contributed by atoms with Gasteiger partial charge in [-0.3, -0.25) is 14.4 Å². The van der Waals surface area contributed by atoms with Crippen LogP contribution in [0.1, 0.15) is 38.3 Å². The number of carbonyl (C=O) groups is 3. The zero-order valence-corrected chi connectivity index (χ0v) is 21.8. The number of hydrogen-bond donors (Lipinski definition) is 1. The van der Waals surface area contributed by atoms with Crippen LogP contribution in [-0.4, -0.2) is 36.6 Å². The normalized spacial score (nSPS) is 10.9. The third-order valence-electron chi connectivity index (χ3n) is 5.89. The molecular formula is C30H32FNO6. The summed E-state index contributed by atoms with van der Waals surface area (Å²) in [6.07, 6.45) is 0.826. The lowest BCUT2D eigenvalue weighted by molar-refractivity contribution is -0.150. The number of carbonyl (C=O) groups excluding carboxylic acids is 3. The van der Waals surface area contributed by atoms with Crippen molar-refractivity contribution in [1.82, 2.24) is 5.32 Å². The molecule has 0 aliphatic heterocycles. The van der Waals surface area contributed by atoms with Gasteiger partial charge in [0.05, 0.1) is 0 Å². The van der Waals surface area contributed by atoms with E-state index in [2.05, 4.69) is 5.32 Å². The third-order valence-corrected chi connectivity index (χ3v) is 5.89. The SMILES string of the molecule is CC(=O)NC(CCc1ccc(-c2ccc(OCc3ccccc3)cc2F)cc1)(COC(C)=O)COC(C)=O. The van der Waals surface area contributed by atoms with Gasteiger partial charge in [-0.15, -0.1) is 0 Å². The van der Waals surface area contributed by atoms with Crippen molar-refractivity contribution in [3.63, 3.8) is 0 Å². The van der Waals surface area contributed by atoms with Gasteiger partial charge in [0.1, 0.15) is 36.9 Å². The van der Waals surface area contributed by atoms with Gasteiger partial charge in [0.2, 0.25) is 5.91 Å². The van der Waals surface area contributed by atoms with Crippen molar-refractivity contribution in [3.05, 3.63) is 89.7 Å². The van der Waals surface area contributed by atoms with E-state index in [0.29, 0.717) is 36.3 Å². The highest BCUT2D eigenvalue weighted by atomic mass is 19.1. The van der Waals surface area contributed by atoms with Crippen LogP contribution in [0.2, 0.25) is 0 Å². The van der Waals surface area contributed by atoms with E-state index >= 15 is 0 Å². The van der Waals surface area contributed by atoms with Crippen molar-refractivity contribution >= 4 is 17.8 Å². The minimum absolute atomic E-state index is 0.142. The van der Waals surface area contributed by atoms with Crippen LogP contribution in [0.25, 0.3) is 11.1 Å². The molecule has 0 atom stereocenters. The molecule has 0 saturated carbocycles. The fraction of sp³-hybridized carbons (Fsp3) is 0.300. The highest BCUT2D eigenvalue weighted by Crippen LogP contribution is 2.28. The van der Waals surface area contributed by atoms with Crippen molar-refractivity contribution in [2.45, 2.75) is 45.8 Å². The minimum Gasteiger partial charge on any atom is -0.489 e. The summed E-state index contributed by atoms with van der Waals surface area (Å²) in [6, 6.07) is 21.8. The summed E-state index contributed by atoms with van der Waals surface area (Å²) in [5, 5.41) is 2.79. The van der Waals surface area contributed by atoms with Crippen LogP contribution in [0.3, 0.4) is 0 Å². The Kier molecular flexibility index (Phi) is 9.99.